The molecule has 8 heteroatoms. The zero-order valence-electron chi connectivity index (χ0n) is 40.6. The van der Waals surface area contributed by atoms with E-state index in [1.54, 1.807) is 0 Å². The second-order valence-corrected chi connectivity index (χ2v) is 30.3. The van der Waals surface area contributed by atoms with Gasteiger partial charge in [-0.1, -0.05) is 173 Å². The van der Waals surface area contributed by atoms with E-state index in [1.807, 2.05) is 0 Å². The van der Waals surface area contributed by atoms with Crippen LogP contribution in [0.5, 0.6) is 0 Å². The van der Waals surface area contributed by atoms with Gasteiger partial charge in [0, 0.05) is 51.6 Å². The number of hydrogen-bond donors (Lipinski definition) is 1. The van der Waals surface area contributed by atoms with Crippen LogP contribution in [-0.2, 0) is 43.3 Å². The van der Waals surface area contributed by atoms with E-state index in [1.165, 1.54) is 89.9 Å². The van der Waals surface area contributed by atoms with Crippen molar-refractivity contribution in [3.63, 3.8) is 0 Å². The van der Waals surface area contributed by atoms with Gasteiger partial charge in [-0.15, -0.1) is 0 Å². The molecule has 4 aliphatic rings. The molecule has 0 bridgehead atoms. The SMILES string of the molecule is C1CCCC1.C1CCCC1.CC(C)(C)P(=O)(C1CCCC1CN(CCCCCCO)CC1CCCC1P(=O)(C(C)(C)C)C(C)(C)C)C(C)(C)C.[CH3-].[CH3-].[CH3-].[CH3-].[Fe+2].[Fe+2]. The molecule has 0 heterocycles. The Morgan fingerprint density at radius 3 is 0.964 bits per heavy atom. The molecular formula is C48H101Fe2NO3P2. The molecule has 4 unspecified atom stereocenters. The predicted molar refractivity (Wildman–Crippen MR) is 250 cm³/mol. The van der Waals surface area contributed by atoms with Crippen molar-refractivity contribution in [2.24, 2.45) is 11.8 Å². The van der Waals surface area contributed by atoms with E-state index in [2.05, 4.69) is 88.0 Å². The largest absolute Gasteiger partial charge is 2.00 e. The Bertz CT molecular complexity index is 921. The molecule has 0 saturated heterocycles. The molecule has 4 atom stereocenters. The number of aliphatic hydroxyl groups excluding tert-OH is 1. The van der Waals surface area contributed by atoms with Crippen molar-refractivity contribution in [2.45, 2.75) is 243 Å². The Balaban J connectivity index is -0.000000469. The molecule has 0 aromatic rings. The van der Waals surface area contributed by atoms with Gasteiger partial charge in [-0.3, -0.25) is 0 Å². The summed E-state index contributed by atoms with van der Waals surface area (Å²) < 4.78 is 30.1. The van der Waals surface area contributed by atoms with Gasteiger partial charge < -0.3 is 48.8 Å². The second-order valence-electron chi connectivity index (χ2n) is 20.9. The summed E-state index contributed by atoms with van der Waals surface area (Å²) in [6.07, 6.45) is 26.2. The summed E-state index contributed by atoms with van der Waals surface area (Å²) in [6, 6.07) is 0. The molecule has 0 aliphatic heterocycles. The Morgan fingerprint density at radius 2 is 0.714 bits per heavy atom. The Labute approximate surface area is 376 Å². The molecule has 4 rings (SSSR count). The minimum absolute atomic E-state index is 0. The van der Waals surface area contributed by atoms with Crippen molar-refractivity contribution < 1.29 is 48.4 Å². The zero-order valence-corrected chi connectivity index (χ0v) is 44.6. The Morgan fingerprint density at radius 1 is 0.446 bits per heavy atom. The number of rotatable bonds is 12. The Hall–Kier alpha value is 1.42. The van der Waals surface area contributed by atoms with Crippen molar-refractivity contribution in [3.8, 4) is 0 Å². The van der Waals surface area contributed by atoms with Crippen LogP contribution in [0.2, 0.25) is 0 Å². The van der Waals surface area contributed by atoms with Crippen molar-refractivity contribution in [3.05, 3.63) is 29.7 Å². The van der Waals surface area contributed by atoms with Gasteiger partial charge in [0.1, 0.15) is 14.3 Å². The number of hydrogen-bond acceptors (Lipinski definition) is 4. The number of aliphatic hydroxyl groups is 1. The topological polar surface area (TPSA) is 57.6 Å². The first kappa shape index (κ1) is 66.5. The standard InChI is InChI=1S/C34H69NO3P2.2C5H10.4CH3.2Fe/c1-31(2,3)39(37,32(4,5)6)29-21-17-19-27(29)25-35(23-15-13-14-16-24-36)26-28-20-18-22-30(28)40(38,33(7,8)9)34(10,11)12;2*1-2-4-5-3-1;;;;;;/h27-30,36H,13-26H2,1-12H3;2*1-5H2;4*1H3;;/q;;;4*-1;2*+2. The van der Waals surface area contributed by atoms with E-state index in [4.69, 9.17) is 0 Å². The monoisotopic (exact) mass is 914 g/mol. The first-order valence-corrected chi connectivity index (χ1v) is 25.2. The average Bonchev–Trinajstić information content (AvgIpc) is 3.84. The van der Waals surface area contributed by atoms with Gasteiger partial charge in [-0.2, -0.15) is 0 Å². The van der Waals surface area contributed by atoms with Crippen LogP contribution < -0.4 is 0 Å². The van der Waals surface area contributed by atoms with Crippen molar-refractivity contribution in [1.82, 2.24) is 4.90 Å². The second kappa shape index (κ2) is 29.7. The molecule has 4 fully saturated rings. The maximum atomic E-state index is 15.1. The minimum Gasteiger partial charge on any atom is -0.396 e. The van der Waals surface area contributed by atoms with Crippen LogP contribution >= 0.6 is 14.3 Å². The number of nitrogens with zero attached hydrogens (tertiary/aromatic N) is 1. The maximum Gasteiger partial charge on any atom is 2.00 e. The summed E-state index contributed by atoms with van der Waals surface area (Å²) in [5.41, 5.74) is 0.582. The molecular weight excluding hydrogens is 812 g/mol. The van der Waals surface area contributed by atoms with Gasteiger partial charge >= 0.3 is 34.1 Å². The third-order valence-corrected chi connectivity index (χ3v) is 24.2. The van der Waals surface area contributed by atoms with Crippen LogP contribution in [0.4, 0.5) is 0 Å². The van der Waals surface area contributed by atoms with E-state index in [-0.39, 0.29) is 91.1 Å². The predicted octanol–water partition coefficient (Wildman–Crippen LogP) is 15.8. The van der Waals surface area contributed by atoms with Crippen LogP contribution in [-0.4, -0.2) is 68.2 Å². The summed E-state index contributed by atoms with van der Waals surface area (Å²) in [5.74, 6) is 0.942. The third kappa shape index (κ3) is 18.4. The maximum absolute atomic E-state index is 15.1. The summed E-state index contributed by atoms with van der Waals surface area (Å²) in [4.78, 5) is 2.72. The molecule has 1 N–H and O–H groups in total. The van der Waals surface area contributed by atoms with E-state index >= 15 is 9.13 Å². The molecule has 342 valence electrons. The minimum atomic E-state index is -2.51. The van der Waals surface area contributed by atoms with Crippen molar-refractivity contribution in [2.75, 3.05) is 26.2 Å². The van der Waals surface area contributed by atoms with Gasteiger partial charge in [0.15, 0.2) is 0 Å². The molecule has 4 saturated carbocycles. The van der Waals surface area contributed by atoms with Crippen molar-refractivity contribution >= 4 is 14.3 Å². The average molecular weight is 914 g/mol. The summed E-state index contributed by atoms with van der Waals surface area (Å²) in [5, 5.41) is 8.47. The van der Waals surface area contributed by atoms with Gasteiger partial charge in [0.2, 0.25) is 0 Å². The molecule has 0 aromatic heterocycles. The van der Waals surface area contributed by atoms with Crippen LogP contribution in [0.15, 0.2) is 0 Å². The fraction of sp³-hybridized carbons (Fsp3) is 0.917. The molecule has 0 spiro atoms. The summed E-state index contributed by atoms with van der Waals surface area (Å²) >= 11 is 0. The quantitative estimate of drug-likeness (QED) is 0.0917. The molecule has 0 radical (unpaired) electrons. The van der Waals surface area contributed by atoms with E-state index in [9.17, 15) is 5.11 Å². The Kier molecular flexibility index (Phi) is 35.2. The van der Waals surface area contributed by atoms with Crippen LogP contribution in [0.25, 0.3) is 0 Å². The summed E-state index contributed by atoms with van der Waals surface area (Å²) in [6.45, 7) is 30.0. The molecule has 56 heavy (non-hydrogen) atoms. The first-order chi connectivity index (χ1) is 23.1. The van der Waals surface area contributed by atoms with Crippen LogP contribution in [0.3, 0.4) is 0 Å². The van der Waals surface area contributed by atoms with E-state index in [0.29, 0.717) is 23.2 Å². The van der Waals surface area contributed by atoms with Crippen molar-refractivity contribution in [1.29, 1.82) is 0 Å². The van der Waals surface area contributed by atoms with Crippen LogP contribution in [0, 0.1) is 41.5 Å². The first-order valence-electron chi connectivity index (χ1n) is 21.7. The van der Waals surface area contributed by atoms with Gasteiger partial charge in [-0.05, 0) is 56.9 Å². The van der Waals surface area contributed by atoms with E-state index < -0.39 is 14.3 Å². The fourth-order valence-corrected chi connectivity index (χ4v) is 21.7. The van der Waals surface area contributed by atoms with Crippen LogP contribution in [0.1, 0.15) is 212 Å². The van der Waals surface area contributed by atoms with Gasteiger partial charge in [-0.25, -0.2) is 0 Å². The molecule has 4 nitrogen and oxygen atoms in total. The smallest absolute Gasteiger partial charge is 0.396 e. The fourth-order valence-electron chi connectivity index (χ4n) is 10.9. The third-order valence-electron chi connectivity index (χ3n) is 13.0. The zero-order chi connectivity index (χ0) is 37.9. The van der Waals surface area contributed by atoms with E-state index in [0.717, 1.165) is 58.2 Å². The molecule has 0 amide bonds. The van der Waals surface area contributed by atoms with Gasteiger partial charge in [0.25, 0.3) is 0 Å². The molecule has 0 aromatic carbocycles. The van der Waals surface area contributed by atoms with Gasteiger partial charge in [0.05, 0.1) is 0 Å². The normalized spacial score (nSPS) is 22.7. The molecule has 4 aliphatic carbocycles. The number of unbranched alkanes of at least 4 members (excludes halogenated alkanes) is 3. The summed E-state index contributed by atoms with van der Waals surface area (Å²) in [7, 11) is -5.01.